The van der Waals surface area contributed by atoms with Crippen LogP contribution in [0.5, 0.6) is 17.2 Å². The molecule has 178 valence electrons. The van der Waals surface area contributed by atoms with Crippen molar-refractivity contribution in [1.29, 1.82) is 0 Å². The van der Waals surface area contributed by atoms with Gasteiger partial charge in [0.1, 0.15) is 41.8 Å². The molecule has 0 fully saturated rings. The van der Waals surface area contributed by atoms with Crippen molar-refractivity contribution >= 4 is 23.4 Å². The van der Waals surface area contributed by atoms with Crippen LogP contribution < -0.4 is 14.2 Å². The van der Waals surface area contributed by atoms with Gasteiger partial charge in [-0.2, -0.15) is 0 Å². The second-order valence-corrected chi connectivity index (χ2v) is 9.52. The minimum atomic E-state index is -0.326. The summed E-state index contributed by atoms with van der Waals surface area (Å²) in [5.41, 5.74) is 6.40. The second-order valence-electron chi connectivity index (χ2n) is 9.52. The molecule has 35 heavy (non-hydrogen) atoms. The van der Waals surface area contributed by atoms with Crippen molar-refractivity contribution in [3.63, 3.8) is 0 Å². The van der Waals surface area contributed by atoms with E-state index in [4.69, 9.17) is 14.2 Å². The number of hydrogen-bond donors (Lipinski definition) is 0. The van der Waals surface area contributed by atoms with Crippen LogP contribution in [-0.4, -0.2) is 12.2 Å². The van der Waals surface area contributed by atoms with Gasteiger partial charge >= 0.3 is 0 Å². The number of fused-ring (bicyclic) bond motifs is 3. The normalized spacial score (nSPS) is 15.2. The average Bonchev–Trinajstić information content (AvgIpc) is 2.87. The standard InChI is InChI=1S/C30H29NO4/c1-4-5-20-8-12-25(28(16-20)33-18-21-6-10-24(31-32)11-7-21)23-17-22-9-13-27-26(29(22)34-19-23)14-15-30(2,3)35-27/h6-17H,4-5,18-19H2,1-3H3. The summed E-state index contributed by atoms with van der Waals surface area (Å²) in [6, 6.07) is 17.6. The van der Waals surface area contributed by atoms with Crippen molar-refractivity contribution in [2.75, 3.05) is 6.61 Å². The van der Waals surface area contributed by atoms with Gasteiger partial charge in [0.15, 0.2) is 0 Å². The zero-order valence-electron chi connectivity index (χ0n) is 20.3. The molecular formula is C30H29NO4. The number of aryl methyl sites for hydroxylation is 1. The van der Waals surface area contributed by atoms with E-state index in [0.29, 0.717) is 18.9 Å². The summed E-state index contributed by atoms with van der Waals surface area (Å²) in [6.45, 7) is 7.11. The van der Waals surface area contributed by atoms with Gasteiger partial charge in [-0.25, -0.2) is 0 Å². The van der Waals surface area contributed by atoms with E-state index < -0.39 is 0 Å². The van der Waals surface area contributed by atoms with Gasteiger partial charge in [0.25, 0.3) is 0 Å². The monoisotopic (exact) mass is 467 g/mol. The Morgan fingerprint density at radius 3 is 2.60 bits per heavy atom. The molecule has 2 aliphatic rings. The predicted molar refractivity (Wildman–Crippen MR) is 140 cm³/mol. The SMILES string of the molecule is CCCc1ccc(C2=Cc3ccc4c(c3OC2)C=CC(C)(C)O4)c(OCc2ccc(N=O)cc2)c1. The van der Waals surface area contributed by atoms with Gasteiger partial charge < -0.3 is 14.2 Å². The van der Waals surface area contributed by atoms with E-state index in [0.717, 1.165) is 57.9 Å². The largest absolute Gasteiger partial charge is 0.488 e. The fourth-order valence-electron chi connectivity index (χ4n) is 4.47. The maximum absolute atomic E-state index is 10.7. The highest BCUT2D eigenvalue weighted by atomic mass is 16.5. The highest BCUT2D eigenvalue weighted by molar-refractivity contribution is 5.89. The fraction of sp³-hybridized carbons (Fsp3) is 0.267. The third-order valence-electron chi connectivity index (χ3n) is 6.28. The van der Waals surface area contributed by atoms with Crippen LogP contribution in [0, 0.1) is 4.91 Å². The Labute approximate surface area is 206 Å². The van der Waals surface area contributed by atoms with Crippen LogP contribution in [0.2, 0.25) is 0 Å². The summed E-state index contributed by atoms with van der Waals surface area (Å²) >= 11 is 0. The Bertz CT molecular complexity index is 1320. The lowest BCUT2D eigenvalue weighted by Gasteiger charge is -2.30. The number of nitrogens with zero attached hydrogens (tertiary/aromatic N) is 1. The molecular weight excluding hydrogens is 438 g/mol. The first kappa shape index (κ1) is 22.9. The summed E-state index contributed by atoms with van der Waals surface area (Å²) in [5, 5.41) is 2.97. The summed E-state index contributed by atoms with van der Waals surface area (Å²) in [5.74, 6) is 2.53. The third kappa shape index (κ3) is 4.85. The number of rotatable bonds is 7. The molecule has 0 aliphatic carbocycles. The number of benzene rings is 3. The van der Waals surface area contributed by atoms with Gasteiger partial charge in [-0.1, -0.05) is 37.6 Å². The molecule has 0 radical (unpaired) electrons. The van der Waals surface area contributed by atoms with Gasteiger partial charge in [-0.3, -0.25) is 0 Å². The smallest absolute Gasteiger partial charge is 0.137 e. The van der Waals surface area contributed by atoms with Crippen LogP contribution in [0.25, 0.3) is 17.7 Å². The zero-order valence-corrected chi connectivity index (χ0v) is 20.3. The van der Waals surface area contributed by atoms with E-state index in [2.05, 4.69) is 54.6 Å². The molecule has 3 aromatic carbocycles. The lowest BCUT2D eigenvalue weighted by molar-refractivity contribution is 0.158. The number of hydrogen-bond acceptors (Lipinski definition) is 5. The van der Waals surface area contributed by atoms with Gasteiger partial charge in [0.2, 0.25) is 0 Å². The van der Waals surface area contributed by atoms with Crippen LogP contribution in [-0.2, 0) is 13.0 Å². The van der Waals surface area contributed by atoms with Crippen molar-refractivity contribution in [3.8, 4) is 17.2 Å². The molecule has 0 unspecified atom stereocenters. The molecule has 0 spiro atoms. The Kier molecular flexibility index (Phi) is 6.16. The van der Waals surface area contributed by atoms with E-state index in [1.165, 1.54) is 5.56 Å². The molecule has 0 amide bonds. The lowest BCUT2D eigenvalue weighted by Crippen LogP contribution is -2.27. The molecule has 0 N–H and O–H groups in total. The Hall–Kier alpha value is -3.86. The molecule has 0 aromatic heterocycles. The minimum Gasteiger partial charge on any atom is -0.488 e. The van der Waals surface area contributed by atoms with Crippen molar-refractivity contribution < 1.29 is 14.2 Å². The summed E-state index contributed by atoms with van der Waals surface area (Å²) in [6.07, 6.45) is 8.39. The predicted octanol–water partition coefficient (Wildman–Crippen LogP) is 7.73. The van der Waals surface area contributed by atoms with Gasteiger partial charge in [0.05, 0.1) is 5.56 Å². The summed E-state index contributed by atoms with van der Waals surface area (Å²) in [7, 11) is 0. The van der Waals surface area contributed by atoms with Crippen molar-refractivity contribution in [2.45, 2.75) is 45.8 Å². The summed E-state index contributed by atoms with van der Waals surface area (Å²) < 4.78 is 18.7. The Morgan fingerprint density at radius 1 is 1.03 bits per heavy atom. The first-order valence-corrected chi connectivity index (χ1v) is 12.0. The molecule has 5 rings (SSSR count). The molecule has 0 saturated carbocycles. The first-order chi connectivity index (χ1) is 17.0. The van der Waals surface area contributed by atoms with E-state index >= 15 is 0 Å². The van der Waals surface area contributed by atoms with E-state index in [-0.39, 0.29) is 5.60 Å². The van der Waals surface area contributed by atoms with Gasteiger partial charge in [-0.05, 0) is 85.1 Å². The molecule has 5 heteroatoms. The van der Waals surface area contributed by atoms with Gasteiger partial charge in [-0.15, -0.1) is 4.91 Å². The lowest BCUT2D eigenvalue weighted by atomic mass is 9.94. The molecule has 3 aromatic rings. The maximum atomic E-state index is 10.7. The topological polar surface area (TPSA) is 57.1 Å². The molecule has 2 aliphatic heterocycles. The molecule has 0 saturated heterocycles. The van der Waals surface area contributed by atoms with Gasteiger partial charge in [0, 0.05) is 16.7 Å². The zero-order chi connectivity index (χ0) is 24.4. The van der Waals surface area contributed by atoms with Crippen molar-refractivity contribution in [3.05, 3.63) is 93.4 Å². The number of nitroso groups, excluding NO2 is 1. The first-order valence-electron chi connectivity index (χ1n) is 12.0. The quantitative estimate of drug-likeness (QED) is 0.334. The Balaban J connectivity index is 1.46. The van der Waals surface area contributed by atoms with Crippen LogP contribution in [0.1, 0.15) is 55.0 Å². The minimum absolute atomic E-state index is 0.326. The third-order valence-corrected chi connectivity index (χ3v) is 6.28. The van der Waals surface area contributed by atoms with E-state index in [1.807, 2.05) is 32.0 Å². The highest BCUT2D eigenvalue weighted by Crippen LogP contribution is 2.43. The van der Waals surface area contributed by atoms with E-state index in [1.54, 1.807) is 12.1 Å². The fourth-order valence-corrected chi connectivity index (χ4v) is 4.47. The van der Waals surface area contributed by atoms with Crippen molar-refractivity contribution in [2.24, 2.45) is 5.18 Å². The van der Waals surface area contributed by atoms with E-state index in [9.17, 15) is 4.91 Å². The van der Waals surface area contributed by atoms with Crippen molar-refractivity contribution in [1.82, 2.24) is 0 Å². The molecule has 5 nitrogen and oxygen atoms in total. The van der Waals surface area contributed by atoms with Crippen LogP contribution in [0.15, 0.2) is 65.9 Å². The van der Waals surface area contributed by atoms with Crippen LogP contribution in [0.3, 0.4) is 0 Å². The highest BCUT2D eigenvalue weighted by Gasteiger charge is 2.27. The summed E-state index contributed by atoms with van der Waals surface area (Å²) in [4.78, 5) is 10.7. The number of ether oxygens (including phenoxy) is 3. The van der Waals surface area contributed by atoms with Crippen LogP contribution in [0.4, 0.5) is 5.69 Å². The Morgan fingerprint density at radius 2 is 1.83 bits per heavy atom. The van der Waals surface area contributed by atoms with Crippen LogP contribution >= 0.6 is 0 Å². The maximum Gasteiger partial charge on any atom is 0.137 e. The second kappa shape index (κ2) is 9.41. The average molecular weight is 468 g/mol. The molecule has 0 atom stereocenters. The molecule has 0 bridgehead atoms. The molecule has 2 heterocycles.